The summed E-state index contributed by atoms with van der Waals surface area (Å²) in [6.07, 6.45) is 6.97. The molecule has 3 N–H and O–H groups in total. The molecule has 2 amide bonds. The van der Waals surface area contributed by atoms with Crippen LogP contribution < -0.4 is 5.32 Å². The van der Waals surface area contributed by atoms with E-state index in [1.165, 1.54) is 10.5 Å². The number of nitrogens with one attached hydrogen (secondary N) is 1. The monoisotopic (exact) mass is 718 g/mol. The highest BCUT2D eigenvalue weighted by molar-refractivity contribution is 7.09. The second kappa shape index (κ2) is 16.3. The minimum atomic E-state index is -1.20. The van der Waals surface area contributed by atoms with Gasteiger partial charge in [0.1, 0.15) is 0 Å². The van der Waals surface area contributed by atoms with Gasteiger partial charge in [-0.05, 0) is 118 Å². The number of thiophene rings is 1. The molecule has 4 aromatic rings. The van der Waals surface area contributed by atoms with Crippen molar-refractivity contribution in [3.05, 3.63) is 129 Å². The fourth-order valence-corrected chi connectivity index (χ4v) is 9.20. The van der Waals surface area contributed by atoms with Crippen molar-refractivity contribution in [1.29, 1.82) is 0 Å². The van der Waals surface area contributed by atoms with Crippen LogP contribution in [0, 0.1) is 5.41 Å². The van der Waals surface area contributed by atoms with E-state index in [9.17, 15) is 19.8 Å². The third-order valence-corrected chi connectivity index (χ3v) is 12.5. The van der Waals surface area contributed by atoms with Crippen LogP contribution in [-0.4, -0.2) is 57.8 Å². The molecule has 3 aromatic carbocycles. The Morgan fingerprint density at radius 2 is 1.73 bits per heavy atom. The van der Waals surface area contributed by atoms with Crippen LogP contribution in [0.4, 0.5) is 4.79 Å². The first kappa shape index (κ1) is 37.7. The van der Waals surface area contributed by atoms with E-state index in [1.54, 1.807) is 11.3 Å². The highest BCUT2D eigenvalue weighted by atomic mass is 32.1. The van der Waals surface area contributed by atoms with Gasteiger partial charge in [-0.3, -0.25) is 4.79 Å². The lowest BCUT2D eigenvalue weighted by atomic mass is 9.64. The molecule has 1 fully saturated rings. The first-order valence-corrected chi connectivity index (χ1v) is 19.8. The molecule has 7 heteroatoms. The number of fused-ring (bicyclic) bond motifs is 8. The average Bonchev–Trinajstić information content (AvgIpc) is 3.74. The van der Waals surface area contributed by atoms with Gasteiger partial charge in [0.05, 0.1) is 18.2 Å². The number of carbonyl (C=O) groups excluding carboxylic acids is 2. The van der Waals surface area contributed by atoms with Gasteiger partial charge in [-0.25, -0.2) is 4.79 Å². The Kier molecular flexibility index (Phi) is 11.8. The quantitative estimate of drug-likeness (QED) is 0.119. The lowest BCUT2D eigenvalue weighted by molar-refractivity contribution is -0.0769. The molecule has 2 bridgehead atoms. The molecule has 274 valence electrons. The van der Waals surface area contributed by atoms with Crippen molar-refractivity contribution in [3.8, 4) is 11.1 Å². The smallest absolute Gasteiger partial charge is 0.317 e. The fourth-order valence-electron chi connectivity index (χ4n) is 8.50. The number of allylic oxidation sites excluding steroid dienone is 2. The topological polar surface area (TPSA) is 89.9 Å². The SMILES string of the molecule is CC1=CCCC2(C)C(CCC2(O)CN(CCc2cccs2)C(=O)NC(C)C)c2ccc(cc2C(=O)c2ccccc2-c2ccccc2)CC(O)CC1. The number of hydrogen-bond donors (Lipinski definition) is 3. The van der Waals surface area contributed by atoms with Crippen molar-refractivity contribution in [2.24, 2.45) is 5.41 Å². The molecule has 0 radical (unpaired) electrons. The largest absolute Gasteiger partial charge is 0.393 e. The first-order chi connectivity index (χ1) is 25.0. The Balaban J connectivity index is 1.44. The number of nitrogens with zero attached hydrogens (tertiary/aromatic N) is 1. The van der Waals surface area contributed by atoms with Crippen LogP contribution in [-0.2, 0) is 12.8 Å². The maximum absolute atomic E-state index is 14.9. The highest BCUT2D eigenvalue weighted by Crippen LogP contribution is 2.59. The lowest BCUT2D eigenvalue weighted by Gasteiger charge is -2.46. The number of benzene rings is 3. The summed E-state index contributed by atoms with van der Waals surface area (Å²) in [6.45, 7) is 8.92. The summed E-state index contributed by atoms with van der Waals surface area (Å²) in [6, 6.07) is 27.9. The molecule has 4 unspecified atom stereocenters. The summed E-state index contributed by atoms with van der Waals surface area (Å²) in [4.78, 5) is 31.7. The zero-order chi connectivity index (χ0) is 36.9. The molecule has 52 heavy (non-hydrogen) atoms. The van der Waals surface area contributed by atoms with Gasteiger partial charge in [-0.2, -0.15) is 0 Å². The van der Waals surface area contributed by atoms with Crippen LogP contribution in [0.1, 0.15) is 104 Å². The Morgan fingerprint density at radius 3 is 2.48 bits per heavy atom. The summed E-state index contributed by atoms with van der Waals surface area (Å²) in [5.41, 5.74) is 4.36. The van der Waals surface area contributed by atoms with E-state index >= 15 is 0 Å². The maximum Gasteiger partial charge on any atom is 0.317 e. The van der Waals surface area contributed by atoms with E-state index in [4.69, 9.17) is 0 Å². The third-order valence-electron chi connectivity index (χ3n) is 11.5. The lowest BCUT2D eigenvalue weighted by Crippen LogP contribution is -2.56. The Bertz CT molecular complexity index is 1870. The van der Waals surface area contributed by atoms with Crippen molar-refractivity contribution in [3.63, 3.8) is 0 Å². The van der Waals surface area contributed by atoms with Gasteiger partial charge in [0.2, 0.25) is 0 Å². The number of aliphatic hydroxyl groups is 2. The second-order valence-electron chi connectivity index (χ2n) is 15.5. The van der Waals surface area contributed by atoms with Crippen molar-refractivity contribution >= 4 is 23.2 Å². The Labute approximate surface area is 313 Å². The highest BCUT2D eigenvalue weighted by Gasteiger charge is 2.57. The van der Waals surface area contributed by atoms with Crippen LogP contribution >= 0.6 is 11.3 Å². The molecule has 6 nitrogen and oxygen atoms in total. The Hall–Kier alpha value is -4.04. The van der Waals surface area contributed by atoms with Crippen molar-refractivity contribution < 1.29 is 19.8 Å². The van der Waals surface area contributed by atoms with Gasteiger partial charge in [0, 0.05) is 34.0 Å². The molecule has 0 spiro atoms. The standard InChI is InChI=1S/C45H54N2O4S/c1-31(2)46-43(50)47(26-23-36-15-11-27-52-36)30-45(51)25-22-41-38-21-19-33(28-35(48)20-18-32(3)12-10-24-44(41,45)4)29-40(38)42(49)39-17-9-8-16-37(39)34-13-6-5-7-14-34/h5-9,11-17,19,21,27,29,31,35,41,48,51H,10,18,20,22-26,28,30H2,1-4H3,(H,46,50). The average molecular weight is 719 g/mol. The predicted octanol–water partition coefficient (Wildman–Crippen LogP) is 9.35. The Morgan fingerprint density at radius 1 is 0.962 bits per heavy atom. The minimum Gasteiger partial charge on any atom is -0.393 e. The van der Waals surface area contributed by atoms with E-state index in [0.717, 1.165) is 35.1 Å². The summed E-state index contributed by atoms with van der Waals surface area (Å²) >= 11 is 1.68. The van der Waals surface area contributed by atoms with E-state index < -0.39 is 17.1 Å². The van der Waals surface area contributed by atoms with Gasteiger partial charge in [-0.1, -0.05) is 91.4 Å². The van der Waals surface area contributed by atoms with Gasteiger partial charge < -0.3 is 20.4 Å². The van der Waals surface area contributed by atoms with Crippen LogP contribution in [0.3, 0.4) is 0 Å². The van der Waals surface area contributed by atoms with Crippen molar-refractivity contribution in [2.75, 3.05) is 13.1 Å². The molecule has 1 heterocycles. The number of hydrogen-bond acceptors (Lipinski definition) is 5. The zero-order valence-electron chi connectivity index (χ0n) is 31.1. The van der Waals surface area contributed by atoms with Gasteiger partial charge >= 0.3 is 6.03 Å². The van der Waals surface area contributed by atoms with Gasteiger partial charge in [0.25, 0.3) is 0 Å². The van der Waals surface area contributed by atoms with E-state index in [-0.39, 0.29) is 30.3 Å². The van der Waals surface area contributed by atoms with Crippen LogP contribution in [0.15, 0.2) is 102 Å². The number of amides is 2. The van der Waals surface area contributed by atoms with E-state index in [2.05, 4.69) is 48.8 Å². The van der Waals surface area contributed by atoms with Crippen LogP contribution in [0.25, 0.3) is 11.1 Å². The molecular formula is C45H54N2O4S. The van der Waals surface area contributed by atoms with Gasteiger partial charge in [-0.15, -0.1) is 11.3 Å². The first-order valence-electron chi connectivity index (χ1n) is 18.9. The molecule has 0 aliphatic heterocycles. The molecule has 1 saturated carbocycles. The predicted molar refractivity (Wildman–Crippen MR) is 212 cm³/mol. The molecular weight excluding hydrogens is 665 g/mol. The normalized spacial score (nSPS) is 23.5. The molecule has 7 rings (SSSR count). The molecule has 0 saturated heterocycles. The number of ketones is 1. The summed E-state index contributed by atoms with van der Waals surface area (Å²) < 4.78 is 0. The fraction of sp³-hybridized carbons (Fsp3) is 0.422. The maximum atomic E-state index is 14.9. The number of rotatable bonds is 9. The van der Waals surface area contributed by atoms with E-state index in [1.807, 2.05) is 85.5 Å². The second-order valence-corrected chi connectivity index (χ2v) is 16.6. The van der Waals surface area contributed by atoms with Crippen molar-refractivity contribution in [2.45, 2.75) is 103 Å². The van der Waals surface area contributed by atoms with Crippen LogP contribution in [0.2, 0.25) is 0 Å². The number of aliphatic hydroxyl groups excluding tert-OH is 1. The minimum absolute atomic E-state index is 0.0369. The summed E-state index contributed by atoms with van der Waals surface area (Å²) in [5, 5.41) is 29.2. The zero-order valence-corrected chi connectivity index (χ0v) is 31.9. The molecule has 3 aliphatic rings. The van der Waals surface area contributed by atoms with Gasteiger partial charge in [0.15, 0.2) is 5.78 Å². The van der Waals surface area contributed by atoms with Crippen molar-refractivity contribution in [1.82, 2.24) is 10.2 Å². The summed E-state index contributed by atoms with van der Waals surface area (Å²) in [5.74, 6) is -0.191. The number of urea groups is 1. The third kappa shape index (κ3) is 8.27. The number of carbonyl (C=O) groups is 2. The van der Waals surface area contributed by atoms with Crippen LogP contribution in [0.5, 0.6) is 0 Å². The molecule has 1 aromatic heterocycles. The summed E-state index contributed by atoms with van der Waals surface area (Å²) in [7, 11) is 0. The molecule has 4 atom stereocenters. The van der Waals surface area contributed by atoms with E-state index in [0.29, 0.717) is 56.2 Å². The molecule has 3 aliphatic carbocycles.